The van der Waals surface area contributed by atoms with Crippen molar-refractivity contribution in [1.29, 1.82) is 0 Å². The predicted molar refractivity (Wildman–Crippen MR) is 71.8 cm³/mol. The standard InChI is InChI=1S/C13H16N6O2/c20-12-7-18(13(21)8-19-9-15-16-17-19)6-10(12)5-11-3-1-2-4-14-11/h1-4,9-10,12,20H,5-8H2/t10-,12-/m1/s1. The van der Waals surface area contributed by atoms with Crippen LogP contribution in [0, 0.1) is 5.92 Å². The second kappa shape index (κ2) is 5.96. The van der Waals surface area contributed by atoms with E-state index < -0.39 is 6.10 Å². The molecule has 1 saturated heterocycles. The van der Waals surface area contributed by atoms with Crippen molar-refractivity contribution in [2.75, 3.05) is 13.1 Å². The first-order chi connectivity index (χ1) is 10.2. The first-order valence-electron chi connectivity index (χ1n) is 6.79. The van der Waals surface area contributed by atoms with Gasteiger partial charge in [0.2, 0.25) is 5.91 Å². The second-order valence-electron chi connectivity index (χ2n) is 5.16. The molecule has 1 aliphatic rings. The summed E-state index contributed by atoms with van der Waals surface area (Å²) in [6, 6.07) is 5.71. The fourth-order valence-electron chi connectivity index (χ4n) is 2.54. The molecule has 1 aliphatic heterocycles. The number of rotatable bonds is 4. The molecule has 0 spiro atoms. The topological polar surface area (TPSA) is 97.0 Å². The zero-order chi connectivity index (χ0) is 14.7. The summed E-state index contributed by atoms with van der Waals surface area (Å²) in [6.45, 7) is 0.965. The summed E-state index contributed by atoms with van der Waals surface area (Å²) in [5, 5.41) is 20.8. The fraction of sp³-hybridized carbons (Fsp3) is 0.462. The molecule has 0 saturated carbocycles. The molecule has 21 heavy (non-hydrogen) atoms. The molecule has 3 rings (SSSR count). The largest absolute Gasteiger partial charge is 0.391 e. The Hall–Kier alpha value is -2.35. The van der Waals surface area contributed by atoms with Gasteiger partial charge in [0.25, 0.3) is 0 Å². The van der Waals surface area contributed by atoms with E-state index in [1.807, 2.05) is 18.2 Å². The van der Waals surface area contributed by atoms with Crippen molar-refractivity contribution >= 4 is 5.91 Å². The average Bonchev–Trinajstić information content (AvgIpc) is 3.11. The molecule has 0 unspecified atom stereocenters. The molecular formula is C13H16N6O2. The van der Waals surface area contributed by atoms with Crippen LogP contribution in [0.5, 0.6) is 0 Å². The van der Waals surface area contributed by atoms with Gasteiger partial charge in [-0.3, -0.25) is 9.78 Å². The smallest absolute Gasteiger partial charge is 0.244 e. The Morgan fingerprint density at radius 3 is 3.00 bits per heavy atom. The molecule has 0 aliphatic carbocycles. The van der Waals surface area contributed by atoms with Crippen molar-refractivity contribution in [3.8, 4) is 0 Å². The third kappa shape index (κ3) is 3.22. The van der Waals surface area contributed by atoms with Crippen LogP contribution in [0.4, 0.5) is 0 Å². The lowest BCUT2D eigenvalue weighted by molar-refractivity contribution is -0.131. The van der Waals surface area contributed by atoms with E-state index in [2.05, 4.69) is 20.5 Å². The molecule has 110 valence electrons. The molecule has 2 atom stereocenters. The Kier molecular flexibility index (Phi) is 3.87. The maximum Gasteiger partial charge on any atom is 0.244 e. The van der Waals surface area contributed by atoms with Crippen LogP contribution in [-0.4, -0.2) is 60.3 Å². The minimum absolute atomic E-state index is 0.0118. The number of aromatic nitrogens is 5. The first kappa shape index (κ1) is 13.6. The summed E-state index contributed by atoms with van der Waals surface area (Å²) in [5.74, 6) is -0.0809. The average molecular weight is 288 g/mol. The number of aliphatic hydroxyl groups excluding tert-OH is 1. The van der Waals surface area contributed by atoms with Gasteiger partial charge >= 0.3 is 0 Å². The zero-order valence-electron chi connectivity index (χ0n) is 11.4. The highest BCUT2D eigenvalue weighted by atomic mass is 16.3. The molecule has 1 fully saturated rings. The Labute approximate surface area is 121 Å². The molecule has 3 heterocycles. The number of tetrazole rings is 1. The maximum absolute atomic E-state index is 12.1. The molecule has 1 amide bonds. The SMILES string of the molecule is O=C(Cn1cnnn1)N1C[C@@H](Cc2ccccn2)[C@H](O)C1. The van der Waals surface area contributed by atoms with Crippen LogP contribution < -0.4 is 0 Å². The van der Waals surface area contributed by atoms with Gasteiger partial charge in [0.1, 0.15) is 12.9 Å². The Morgan fingerprint density at radius 1 is 1.38 bits per heavy atom. The Balaban J connectivity index is 1.59. The summed E-state index contributed by atoms with van der Waals surface area (Å²) < 4.78 is 1.38. The molecule has 8 nitrogen and oxygen atoms in total. The first-order valence-corrected chi connectivity index (χ1v) is 6.79. The number of hydrogen-bond donors (Lipinski definition) is 1. The highest BCUT2D eigenvalue weighted by Crippen LogP contribution is 2.21. The van der Waals surface area contributed by atoms with E-state index in [0.717, 1.165) is 5.69 Å². The van der Waals surface area contributed by atoms with Gasteiger partial charge in [-0.05, 0) is 29.0 Å². The summed E-state index contributed by atoms with van der Waals surface area (Å²) >= 11 is 0. The third-order valence-corrected chi connectivity index (χ3v) is 3.65. The van der Waals surface area contributed by atoms with E-state index in [4.69, 9.17) is 0 Å². The van der Waals surface area contributed by atoms with Gasteiger partial charge in [-0.2, -0.15) is 0 Å². The van der Waals surface area contributed by atoms with Crippen molar-refractivity contribution in [1.82, 2.24) is 30.1 Å². The molecule has 2 aromatic rings. The molecule has 0 radical (unpaired) electrons. The van der Waals surface area contributed by atoms with Crippen LogP contribution in [0.25, 0.3) is 0 Å². The number of β-amino-alcohol motifs (C(OH)–C–C–N with tert-alkyl or cyclic N) is 1. The van der Waals surface area contributed by atoms with E-state index >= 15 is 0 Å². The van der Waals surface area contributed by atoms with Crippen LogP contribution in [0.3, 0.4) is 0 Å². The van der Waals surface area contributed by atoms with Crippen molar-refractivity contribution in [3.05, 3.63) is 36.4 Å². The van der Waals surface area contributed by atoms with Crippen LogP contribution in [-0.2, 0) is 17.8 Å². The quantitative estimate of drug-likeness (QED) is 0.785. The van der Waals surface area contributed by atoms with E-state index in [9.17, 15) is 9.90 Å². The normalized spacial score (nSPS) is 21.7. The third-order valence-electron chi connectivity index (χ3n) is 3.65. The number of pyridine rings is 1. The van der Waals surface area contributed by atoms with Gasteiger partial charge in [-0.15, -0.1) is 5.10 Å². The molecule has 0 aromatic carbocycles. The summed E-state index contributed by atoms with van der Waals surface area (Å²) in [4.78, 5) is 18.1. The van der Waals surface area contributed by atoms with E-state index in [1.54, 1.807) is 11.1 Å². The summed E-state index contributed by atoms with van der Waals surface area (Å²) in [5.41, 5.74) is 0.927. The Morgan fingerprint density at radius 2 is 2.29 bits per heavy atom. The van der Waals surface area contributed by atoms with Gasteiger partial charge in [0.15, 0.2) is 0 Å². The van der Waals surface area contributed by atoms with E-state index in [0.29, 0.717) is 19.5 Å². The van der Waals surface area contributed by atoms with Crippen molar-refractivity contribution < 1.29 is 9.90 Å². The number of hydrogen-bond acceptors (Lipinski definition) is 6. The fourth-order valence-corrected chi connectivity index (χ4v) is 2.54. The van der Waals surface area contributed by atoms with Crippen LogP contribution in [0.2, 0.25) is 0 Å². The van der Waals surface area contributed by atoms with E-state index in [1.165, 1.54) is 11.0 Å². The molecule has 8 heteroatoms. The number of carbonyl (C=O) groups is 1. The lowest BCUT2D eigenvalue weighted by Crippen LogP contribution is -2.32. The molecule has 1 N–H and O–H groups in total. The van der Waals surface area contributed by atoms with Crippen LogP contribution in [0.1, 0.15) is 5.69 Å². The van der Waals surface area contributed by atoms with Gasteiger partial charge in [0, 0.05) is 30.9 Å². The minimum Gasteiger partial charge on any atom is -0.391 e. The van der Waals surface area contributed by atoms with Crippen molar-refractivity contribution in [3.63, 3.8) is 0 Å². The summed E-state index contributed by atoms with van der Waals surface area (Å²) in [6.07, 6.45) is 3.27. The van der Waals surface area contributed by atoms with Gasteiger partial charge in [0.05, 0.1) is 6.10 Å². The molecule has 2 aromatic heterocycles. The number of nitrogens with zero attached hydrogens (tertiary/aromatic N) is 6. The number of aliphatic hydroxyl groups is 1. The van der Waals surface area contributed by atoms with Crippen LogP contribution >= 0.6 is 0 Å². The van der Waals surface area contributed by atoms with Crippen molar-refractivity contribution in [2.24, 2.45) is 5.92 Å². The van der Waals surface area contributed by atoms with Gasteiger partial charge < -0.3 is 10.0 Å². The van der Waals surface area contributed by atoms with Crippen LogP contribution in [0.15, 0.2) is 30.7 Å². The van der Waals surface area contributed by atoms with Gasteiger partial charge in [-0.25, -0.2) is 4.68 Å². The number of amides is 1. The lowest BCUT2D eigenvalue weighted by Gasteiger charge is -2.15. The molecular weight excluding hydrogens is 272 g/mol. The molecule has 0 bridgehead atoms. The summed E-state index contributed by atoms with van der Waals surface area (Å²) in [7, 11) is 0. The Bertz CT molecular complexity index is 588. The highest BCUT2D eigenvalue weighted by Gasteiger charge is 2.34. The number of carbonyl (C=O) groups excluding carboxylic acids is 1. The lowest BCUT2D eigenvalue weighted by atomic mass is 10.00. The highest BCUT2D eigenvalue weighted by molar-refractivity contribution is 5.76. The van der Waals surface area contributed by atoms with Gasteiger partial charge in [-0.1, -0.05) is 6.07 Å². The van der Waals surface area contributed by atoms with Crippen molar-refractivity contribution in [2.45, 2.75) is 19.1 Å². The monoisotopic (exact) mass is 288 g/mol. The number of likely N-dealkylation sites (tertiary alicyclic amines) is 1. The maximum atomic E-state index is 12.1. The zero-order valence-corrected chi connectivity index (χ0v) is 11.4. The minimum atomic E-state index is -0.523. The second-order valence-corrected chi connectivity index (χ2v) is 5.16. The van der Waals surface area contributed by atoms with E-state index in [-0.39, 0.29) is 18.4 Å². The predicted octanol–water partition coefficient (Wildman–Crippen LogP) is -0.870.